The third-order valence-electron chi connectivity index (χ3n) is 2.32. The number of nitrogens with zero attached hydrogens (tertiary/aromatic N) is 4. The first-order valence-corrected chi connectivity index (χ1v) is 5.23. The van der Waals surface area contributed by atoms with Gasteiger partial charge in [-0.2, -0.15) is 5.10 Å². The Morgan fingerprint density at radius 2 is 2.29 bits per heavy atom. The Labute approximate surface area is 98.6 Å². The van der Waals surface area contributed by atoms with E-state index in [1.165, 1.54) is 6.33 Å². The molecular weight excluding hydrogens is 220 g/mol. The largest absolute Gasteiger partial charge is 0.435 e. The molecular formula is C10H14N6O. The summed E-state index contributed by atoms with van der Waals surface area (Å²) in [6.45, 7) is 4.62. The average Bonchev–Trinajstić information content (AvgIpc) is 2.79. The molecule has 2 heterocycles. The van der Waals surface area contributed by atoms with E-state index in [0.717, 1.165) is 12.1 Å². The van der Waals surface area contributed by atoms with Crippen molar-refractivity contribution in [2.24, 2.45) is 5.84 Å². The molecule has 0 saturated heterocycles. The number of rotatable bonds is 4. The summed E-state index contributed by atoms with van der Waals surface area (Å²) < 4.78 is 7.38. The van der Waals surface area contributed by atoms with Gasteiger partial charge in [-0.25, -0.2) is 15.8 Å². The molecule has 0 saturated carbocycles. The molecule has 0 unspecified atom stereocenters. The van der Waals surface area contributed by atoms with Crippen LogP contribution >= 0.6 is 0 Å². The predicted octanol–water partition coefficient (Wildman–Crippen LogP) is 1.08. The number of aromatic nitrogens is 4. The zero-order valence-electron chi connectivity index (χ0n) is 9.71. The minimum Gasteiger partial charge on any atom is -0.435 e. The summed E-state index contributed by atoms with van der Waals surface area (Å²) in [6, 6.07) is 0. The summed E-state index contributed by atoms with van der Waals surface area (Å²) in [5.41, 5.74) is 3.24. The van der Waals surface area contributed by atoms with Gasteiger partial charge in [0.05, 0.1) is 18.0 Å². The molecule has 0 atom stereocenters. The number of nitrogens with two attached hydrogens (primary N) is 1. The predicted molar refractivity (Wildman–Crippen MR) is 62.6 cm³/mol. The van der Waals surface area contributed by atoms with Crippen LogP contribution in [0.15, 0.2) is 18.7 Å². The maximum Gasteiger partial charge on any atom is 0.227 e. The summed E-state index contributed by atoms with van der Waals surface area (Å²) in [4.78, 5) is 8.02. The lowest BCUT2D eigenvalue weighted by Crippen LogP contribution is -2.10. The standard InChI is InChI=1S/C10H14N6O/c1-3-16-5-8(4-14-16)17-10-7(2)9(15-11)12-6-13-10/h4-6H,3,11H2,1-2H3,(H,12,13,15). The molecule has 0 fully saturated rings. The van der Waals surface area contributed by atoms with Crippen molar-refractivity contribution in [3.8, 4) is 11.6 Å². The highest BCUT2D eigenvalue weighted by atomic mass is 16.5. The van der Waals surface area contributed by atoms with Crippen LogP contribution in [0.1, 0.15) is 12.5 Å². The van der Waals surface area contributed by atoms with E-state index in [4.69, 9.17) is 10.6 Å². The SMILES string of the molecule is CCn1cc(Oc2ncnc(NN)c2C)cn1. The van der Waals surface area contributed by atoms with Gasteiger partial charge in [0.15, 0.2) is 5.75 Å². The summed E-state index contributed by atoms with van der Waals surface area (Å²) in [7, 11) is 0. The number of hydrogen-bond acceptors (Lipinski definition) is 6. The molecule has 0 aliphatic heterocycles. The molecule has 17 heavy (non-hydrogen) atoms. The average molecular weight is 234 g/mol. The molecule has 2 aromatic rings. The number of ether oxygens (including phenoxy) is 1. The second-order valence-corrected chi connectivity index (χ2v) is 3.43. The van der Waals surface area contributed by atoms with E-state index < -0.39 is 0 Å². The van der Waals surface area contributed by atoms with Crippen LogP contribution in [0.4, 0.5) is 5.82 Å². The topological polar surface area (TPSA) is 90.9 Å². The van der Waals surface area contributed by atoms with Crippen molar-refractivity contribution in [2.75, 3.05) is 5.43 Å². The molecule has 0 spiro atoms. The molecule has 90 valence electrons. The number of nitrogens with one attached hydrogen (secondary N) is 1. The van der Waals surface area contributed by atoms with E-state index >= 15 is 0 Å². The number of hydrazine groups is 1. The molecule has 0 aliphatic carbocycles. The maximum atomic E-state index is 5.60. The Morgan fingerprint density at radius 1 is 1.47 bits per heavy atom. The third-order valence-corrected chi connectivity index (χ3v) is 2.32. The van der Waals surface area contributed by atoms with Gasteiger partial charge < -0.3 is 10.2 Å². The van der Waals surface area contributed by atoms with Gasteiger partial charge in [-0.15, -0.1) is 0 Å². The molecule has 0 amide bonds. The first-order valence-electron chi connectivity index (χ1n) is 5.23. The summed E-state index contributed by atoms with van der Waals surface area (Å²) >= 11 is 0. The van der Waals surface area contributed by atoms with Gasteiger partial charge in [0.25, 0.3) is 0 Å². The summed E-state index contributed by atoms with van der Waals surface area (Å²) in [5, 5.41) is 4.11. The van der Waals surface area contributed by atoms with E-state index in [1.807, 2.05) is 13.8 Å². The smallest absolute Gasteiger partial charge is 0.227 e. The Balaban J connectivity index is 2.23. The second kappa shape index (κ2) is 4.79. The van der Waals surface area contributed by atoms with Gasteiger partial charge in [0, 0.05) is 6.54 Å². The van der Waals surface area contributed by atoms with Gasteiger partial charge in [0.1, 0.15) is 12.1 Å². The van der Waals surface area contributed by atoms with Gasteiger partial charge in [-0.05, 0) is 13.8 Å². The van der Waals surface area contributed by atoms with Gasteiger partial charge in [0.2, 0.25) is 5.88 Å². The first-order chi connectivity index (χ1) is 8.24. The van der Waals surface area contributed by atoms with Crippen molar-refractivity contribution in [3.63, 3.8) is 0 Å². The van der Waals surface area contributed by atoms with Gasteiger partial charge in [-0.1, -0.05) is 0 Å². The Hall–Kier alpha value is -2.15. The summed E-state index contributed by atoms with van der Waals surface area (Å²) in [5.74, 6) is 6.96. The zero-order valence-corrected chi connectivity index (χ0v) is 9.71. The summed E-state index contributed by atoms with van der Waals surface area (Å²) in [6.07, 6.45) is 4.83. The highest BCUT2D eigenvalue weighted by Crippen LogP contribution is 2.24. The molecule has 2 aromatic heterocycles. The highest BCUT2D eigenvalue weighted by Gasteiger charge is 2.09. The maximum absolute atomic E-state index is 5.60. The lowest BCUT2D eigenvalue weighted by Gasteiger charge is -2.07. The minimum absolute atomic E-state index is 0.462. The monoisotopic (exact) mass is 234 g/mol. The molecule has 3 N–H and O–H groups in total. The molecule has 2 rings (SSSR count). The van der Waals surface area contributed by atoms with Crippen LogP contribution in [0.25, 0.3) is 0 Å². The molecule has 7 heteroatoms. The minimum atomic E-state index is 0.462. The first kappa shape index (κ1) is 11.3. The Morgan fingerprint density at radius 3 is 2.94 bits per heavy atom. The van der Waals surface area contributed by atoms with Gasteiger partial charge in [-0.3, -0.25) is 4.68 Å². The van der Waals surface area contributed by atoms with Crippen LogP contribution in [0, 0.1) is 6.92 Å². The van der Waals surface area contributed by atoms with Crippen molar-refractivity contribution < 1.29 is 4.74 Å². The molecule has 0 radical (unpaired) electrons. The van der Waals surface area contributed by atoms with Crippen molar-refractivity contribution in [1.29, 1.82) is 0 Å². The zero-order chi connectivity index (χ0) is 12.3. The van der Waals surface area contributed by atoms with Crippen LogP contribution in [-0.4, -0.2) is 19.7 Å². The number of hydrogen-bond donors (Lipinski definition) is 2. The molecule has 0 bridgehead atoms. The van der Waals surface area contributed by atoms with Crippen molar-refractivity contribution in [2.45, 2.75) is 20.4 Å². The fraction of sp³-hybridized carbons (Fsp3) is 0.300. The number of aryl methyl sites for hydroxylation is 1. The molecule has 7 nitrogen and oxygen atoms in total. The van der Waals surface area contributed by atoms with E-state index in [-0.39, 0.29) is 0 Å². The van der Waals surface area contributed by atoms with Crippen LogP contribution in [0.3, 0.4) is 0 Å². The fourth-order valence-electron chi connectivity index (χ4n) is 1.36. The van der Waals surface area contributed by atoms with E-state index in [1.54, 1.807) is 17.1 Å². The van der Waals surface area contributed by atoms with Crippen LogP contribution < -0.4 is 16.0 Å². The third kappa shape index (κ3) is 2.34. The van der Waals surface area contributed by atoms with Crippen molar-refractivity contribution in [1.82, 2.24) is 19.7 Å². The Kier molecular flexibility index (Phi) is 3.20. The Bertz CT molecular complexity index is 509. The second-order valence-electron chi connectivity index (χ2n) is 3.43. The van der Waals surface area contributed by atoms with E-state index in [0.29, 0.717) is 17.4 Å². The fourth-order valence-corrected chi connectivity index (χ4v) is 1.36. The normalized spacial score (nSPS) is 10.3. The lowest BCUT2D eigenvalue weighted by atomic mass is 10.3. The molecule has 0 aromatic carbocycles. The van der Waals surface area contributed by atoms with Crippen LogP contribution in [-0.2, 0) is 6.54 Å². The van der Waals surface area contributed by atoms with Gasteiger partial charge >= 0.3 is 0 Å². The van der Waals surface area contributed by atoms with Crippen LogP contribution in [0.2, 0.25) is 0 Å². The highest BCUT2D eigenvalue weighted by molar-refractivity contribution is 5.47. The quantitative estimate of drug-likeness (QED) is 0.607. The van der Waals surface area contributed by atoms with Crippen molar-refractivity contribution >= 4 is 5.82 Å². The molecule has 0 aliphatic rings. The number of anilines is 1. The number of nitrogen functional groups attached to an aromatic ring is 1. The van der Waals surface area contributed by atoms with Crippen molar-refractivity contribution in [3.05, 3.63) is 24.3 Å². The van der Waals surface area contributed by atoms with E-state index in [2.05, 4.69) is 20.5 Å². The lowest BCUT2D eigenvalue weighted by molar-refractivity contribution is 0.456. The van der Waals surface area contributed by atoms with E-state index in [9.17, 15) is 0 Å². The van der Waals surface area contributed by atoms with Crippen LogP contribution in [0.5, 0.6) is 11.6 Å².